The highest BCUT2D eigenvalue weighted by Crippen LogP contribution is 2.10. The van der Waals surface area contributed by atoms with E-state index in [0.717, 1.165) is 18.5 Å². The standard InChI is InChI=1S/C12H14N2OS/c1-2-4-14-8-11(7-13-14)12(15)6-10-3-5-16-9-10/h3,5,7-9H,2,4,6H2,1H3. The van der Waals surface area contributed by atoms with E-state index in [4.69, 9.17) is 0 Å². The molecule has 0 aliphatic carbocycles. The van der Waals surface area contributed by atoms with Gasteiger partial charge in [-0.3, -0.25) is 9.48 Å². The van der Waals surface area contributed by atoms with Crippen molar-refractivity contribution in [1.82, 2.24) is 9.78 Å². The predicted octanol–water partition coefficient (Wildman–Crippen LogP) is 2.78. The monoisotopic (exact) mass is 234 g/mol. The largest absolute Gasteiger partial charge is 0.294 e. The van der Waals surface area contributed by atoms with E-state index in [9.17, 15) is 4.79 Å². The fourth-order valence-corrected chi connectivity index (χ4v) is 2.21. The summed E-state index contributed by atoms with van der Waals surface area (Å²) in [4.78, 5) is 11.9. The van der Waals surface area contributed by atoms with Crippen LogP contribution in [0.5, 0.6) is 0 Å². The Labute approximate surface area is 98.7 Å². The van der Waals surface area contributed by atoms with Crippen LogP contribution >= 0.6 is 11.3 Å². The van der Waals surface area contributed by atoms with Gasteiger partial charge in [0.1, 0.15) is 0 Å². The summed E-state index contributed by atoms with van der Waals surface area (Å²) in [6.07, 6.45) is 4.99. The van der Waals surface area contributed by atoms with Crippen LogP contribution in [-0.4, -0.2) is 15.6 Å². The highest BCUT2D eigenvalue weighted by Gasteiger charge is 2.09. The maximum absolute atomic E-state index is 11.9. The Hall–Kier alpha value is -1.42. The van der Waals surface area contributed by atoms with E-state index in [2.05, 4.69) is 12.0 Å². The molecule has 0 unspecified atom stereocenters. The Kier molecular flexibility index (Phi) is 3.51. The van der Waals surface area contributed by atoms with Crippen LogP contribution in [-0.2, 0) is 13.0 Å². The Morgan fingerprint density at radius 3 is 3.12 bits per heavy atom. The van der Waals surface area contributed by atoms with Crippen LogP contribution in [0.2, 0.25) is 0 Å². The molecule has 0 fully saturated rings. The average molecular weight is 234 g/mol. The lowest BCUT2D eigenvalue weighted by atomic mass is 10.1. The molecule has 16 heavy (non-hydrogen) atoms. The van der Waals surface area contributed by atoms with Crippen molar-refractivity contribution in [2.75, 3.05) is 0 Å². The lowest BCUT2D eigenvalue weighted by molar-refractivity contribution is 0.0993. The summed E-state index contributed by atoms with van der Waals surface area (Å²) in [5.74, 6) is 0.140. The minimum Gasteiger partial charge on any atom is -0.294 e. The molecular formula is C12H14N2OS. The third-order valence-electron chi connectivity index (χ3n) is 2.35. The number of aryl methyl sites for hydroxylation is 1. The van der Waals surface area contributed by atoms with E-state index in [-0.39, 0.29) is 5.78 Å². The molecule has 0 N–H and O–H groups in total. The van der Waals surface area contributed by atoms with Crippen LogP contribution in [0.15, 0.2) is 29.2 Å². The number of Topliss-reactive ketones (excluding diaryl/α,β-unsaturated/α-hetero) is 1. The van der Waals surface area contributed by atoms with Crippen molar-refractivity contribution in [1.29, 1.82) is 0 Å². The van der Waals surface area contributed by atoms with E-state index in [0.29, 0.717) is 12.0 Å². The zero-order valence-corrected chi connectivity index (χ0v) is 10.0. The fourth-order valence-electron chi connectivity index (χ4n) is 1.54. The van der Waals surface area contributed by atoms with Crippen LogP contribution in [0.25, 0.3) is 0 Å². The summed E-state index contributed by atoms with van der Waals surface area (Å²) in [7, 11) is 0. The Morgan fingerprint density at radius 1 is 1.56 bits per heavy atom. The molecule has 0 aliphatic rings. The maximum atomic E-state index is 11.9. The zero-order chi connectivity index (χ0) is 11.4. The first-order chi connectivity index (χ1) is 7.79. The number of nitrogens with zero attached hydrogens (tertiary/aromatic N) is 2. The summed E-state index contributed by atoms with van der Waals surface area (Å²) in [5.41, 5.74) is 1.79. The molecule has 2 aromatic heterocycles. The molecule has 84 valence electrons. The lowest BCUT2D eigenvalue weighted by Crippen LogP contribution is -2.01. The quantitative estimate of drug-likeness (QED) is 0.746. The molecule has 0 bridgehead atoms. The van der Waals surface area contributed by atoms with Gasteiger partial charge in [-0.2, -0.15) is 16.4 Å². The van der Waals surface area contributed by atoms with Crippen molar-refractivity contribution in [2.45, 2.75) is 26.3 Å². The highest BCUT2D eigenvalue weighted by atomic mass is 32.1. The van der Waals surface area contributed by atoms with E-state index in [1.807, 2.05) is 27.7 Å². The maximum Gasteiger partial charge on any atom is 0.170 e. The van der Waals surface area contributed by atoms with Crippen LogP contribution in [0.1, 0.15) is 29.3 Å². The van der Waals surface area contributed by atoms with Gasteiger partial charge in [0.05, 0.1) is 11.8 Å². The van der Waals surface area contributed by atoms with Crippen molar-refractivity contribution in [3.63, 3.8) is 0 Å². The molecule has 2 aromatic rings. The highest BCUT2D eigenvalue weighted by molar-refractivity contribution is 7.08. The molecule has 4 heteroatoms. The summed E-state index contributed by atoms with van der Waals surface area (Å²) >= 11 is 1.62. The van der Waals surface area contributed by atoms with Gasteiger partial charge in [0.2, 0.25) is 0 Å². The summed E-state index contributed by atoms with van der Waals surface area (Å²) < 4.78 is 1.82. The number of hydrogen-bond donors (Lipinski definition) is 0. The summed E-state index contributed by atoms with van der Waals surface area (Å²) in [6, 6.07) is 1.99. The molecule has 2 rings (SSSR count). The van der Waals surface area contributed by atoms with E-state index in [1.54, 1.807) is 17.5 Å². The normalized spacial score (nSPS) is 10.6. The minimum atomic E-state index is 0.140. The van der Waals surface area contributed by atoms with E-state index in [1.165, 1.54) is 0 Å². The second-order valence-corrected chi connectivity index (χ2v) is 4.50. The second-order valence-electron chi connectivity index (χ2n) is 3.72. The number of ketones is 1. The molecule has 0 spiro atoms. The SMILES string of the molecule is CCCn1cc(C(=O)Cc2ccsc2)cn1. The number of aromatic nitrogens is 2. The predicted molar refractivity (Wildman–Crippen MR) is 64.9 cm³/mol. The van der Waals surface area contributed by atoms with Gasteiger partial charge in [-0.25, -0.2) is 0 Å². The number of rotatable bonds is 5. The lowest BCUT2D eigenvalue weighted by Gasteiger charge is -1.96. The number of thiophene rings is 1. The third-order valence-corrected chi connectivity index (χ3v) is 3.08. The molecule has 0 atom stereocenters. The summed E-state index contributed by atoms with van der Waals surface area (Å²) in [6.45, 7) is 2.96. The van der Waals surface area contributed by atoms with Crippen molar-refractivity contribution in [2.24, 2.45) is 0 Å². The smallest absolute Gasteiger partial charge is 0.170 e. The fraction of sp³-hybridized carbons (Fsp3) is 0.333. The van der Waals surface area contributed by atoms with Crippen molar-refractivity contribution in [3.05, 3.63) is 40.3 Å². The Bertz CT molecular complexity index is 459. The first-order valence-corrected chi connectivity index (χ1v) is 6.30. The zero-order valence-electron chi connectivity index (χ0n) is 9.22. The number of carbonyl (C=O) groups is 1. The van der Waals surface area contributed by atoms with Crippen molar-refractivity contribution < 1.29 is 4.79 Å². The van der Waals surface area contributed by atoms with Gasteiger partial charge < -0.3 is 0 Å². The van der Waals surface area contributed by atoms with Gasteiger partial charge >= 0.3 is 0 Å². The molecule has 3 nitrogen and oxygen atoms in total. The van der Waals surface area contributed by atoms with E-state index < -0.39 is 0 Å². The minimum absolute atomic E-state index is 0.140. The summed E-state index contributed by atoms with van der Waals surface area (Å²) in [5, 5.41) is 8.15. The Balaban J connectivity index is 2.03. The molecule has 0 saturated carbocycles. The van der Waals surface area contributed by atoms with Gasteiger partial charge in [0.25, 0.3) is 0 Å². The van der Waals surface area contributed by atoms with E-state index >= 15 is 0 Å². The molecule has 2 heterocycles. The molecule has 0 aliphatic heterocycles. The number of hydrogen-bond acceptors (Lipinski definition) is 3. The molecular weight excluding hydrogens is 220 g/mol. The molecule has 0 aromatic carbocycles. The first-order valence-electron chi connectivity index (χ1n) is 5.36. The molecule has 0 radical (unpaired) electrons. The van der Waals surface area contributed by atoms with Crippen molar-refractivity contribution in [3.8, 4) is 0 Å². The molecule has 0 saturated heterocycles. The second kappa shape index (κ2) is 5.07. The number of carbonyl (C=O) groups excluding carboxylic acids is 1. The third kappa shape index (κ3) is 2.58. The van der Waals surface area contributed by atoms with Crippen molar-refractivity contribution >= 4 is 17.1 Å². The van der Waals surface area contributed by atoms with Gasteiger partial charge in [-0.15, -0.1) is 0 Å². The van der Waals surface area contributed by atoms with Gasteiger partial charge in [0.15, 0.2) is 5.78 Å². The van der Waals surface area contributed by atoms with Gasteiger partial charge in [-0.05, 0) is 28.8 Å². The van der Waals surface area contributed by atoms with Crippen LogP contribution in [0, 0.1) is 0 Å². The van der Waals surface area contributed by atoms with Gasteiger partial charge in [-0.1, -0.05) is 6.92 Å². The van der Waals surface area contributed by atoms with Crippen LogP contribution < -0.4 is 0 Å². The first kappa shape index (κ1) is 11.1. The van der Waals surface area contributed by atoms with Crippen LogP contribution in [0.4, 0.5) is 0 Å². The molecule has 0 amide bonds. The van der Waals surface area contributed by atoms with Gasteiger partial charge in [0, 0.05) is 19.2 Å². The Morgan fingerprint density at radius 2 is 2.44 bits per heavy atom. The topological polar surface area (TPSA) is 34.9 Å². The average Bonchev–Trinajstić information content (AvgIpc) is 2.89. The van der Waals surface area contributed by atoms with Crippen LogP contribution in [0.3, 0.4) is 0 Å².